The van der Waals surface area contributed by atoms with E-state index in [0.29, 0.717) is 44.7 Å². The fourth-order valence-corrected chi connectivity index (χ4v) is 6.44. The van der Waals surface area contributed by atoms with Crippen molar-refractivity contribution >= 4 is 42.1 Å². The minimum Gasteiger partial charge on any atom is -0.497 e. The van der Waals surface area contributed by atoms with Crippen LogP contribution in [0.25, 0.3) is 12.2 Å². The lowest BCUT2D eigenvalue weighted by atomic mass is 9.83. The maximum atomic E-state index is 12.0. The van der Waals surface area contributed by atoms with Gasteiger partial charge in [-0.25, -0.2) is 14.4 Å². The number of hydrogen-bond donors (Lipinski definition) is 1. The van der Waals surface area contributed by atoms with Crippen molar-refractivity contribution in [3.05, 3.63) is 71.8 Å². The second kappa shape index (κ2) is 32.4. The third kappa shape index (κ3) is 24.8. The summed E-state index contributed by atoms with van der Waals surface area (Å²) in [5, 5.41) is 2.61. The van der Waals surface area contributed by atoms with Crippen LogP contribution in [0.1, 0.15) is 143 Å². The molecule has 0 radical (unpaired) electrons. The first-order chi connectivity index (χ1) is 31.6. The van der Waals surface area contributed by atoms with Crippen LogP contribution in [-0.4, -0.2) is 83.8 Å². The van der Waals surface area contributed by atoms with E-state index in [9.17, 15) is 24.0 Å². The summed E-state index contributed by atoms with van der Waals surface area (Å²) in [5.41, 5.74) is 0.932. The van der Waals surface area contributed by atoms with Gasteiger partial charge in [0.05, 0.1) is 58.0 Å². The average molecular weight is 922 g/mol. The predicted molar refractivity (Wildman–Crippen MR) is 258 cm³/mol. The number of carbonyl (C=O) groups is 5. The number of alkyl carbamates (subject to hydrolysis) is 1. The van der Waals surface area contributed by atoms with Gasteiger partial charge in [-0.3, -0.25) is 9.59 Å². The Bertz CT molecular complexity index is 1760. The summed E-state index contributed by atoms with van der Waals surface area (Å²) in [6, 6.07) is 14.9. The van der Waals surface area contributed by atoms with Gasteiger partial charge in [-0.15, -0.1) is 0 Å². The molecule has 3 rings (SSSR count). The second-order valence-electron chi connectivity index (χ2n) is 18.0. The molecule has 0 saturated heterocycles. The molecule has 2 aromatic rings. The highest BCUT2D eigenvalue weighted by molar-refractivity contribution is 5.87. The largest absolute Gasteiger partial charge is 0.497 e. The standard InChI is InChI=1S/C27H39NO7.C26H40O5/c1-5-27(2,3)25(30)33-17-16-28-26(31)35-19-22-8-6-21(7-9-22)18-34-24(29)15-12-20-10-13-23(32-4)14-11-20;1-5-26(2,3)25(28)31-21-13-11-9-7-6-8-10-12-20-30-24(27)19-16-22-14-17-23(29-4)18-15-22/h10-15,21-22H,5-9,16-19H2,1-4H3,(H,28,31);14-19H,5-13,20-21H2,1-4H3/b15-12+;19-16+. The van der Waals surface area contributed by atoms with Gasteiger partial charge in [0.15, 0.2) is 0 Å². The van der Waals surface area contributed by atoms with E-state index in [1.54, 1.807) is 26.4 Å². The highest BCUT2D eigenvalue weighted by Gasteiger charge is 2.28. The third-order valence-corrected chi connectivity index (χ3v) is 11.9. The van der Waals surface area contributed by atoms with Crippen molar-refractivity contribution in [2.45, 2.75) is 131 Å². The van der Waals surface area contributed by atoms with Gasteiger partial charge in [0.1, 0.15) is 18.1 Å². The molecule has 0 unspecified atom stereocenters. The maximum Gasteiger partial charge on any atom is 0.407 e. The molecule has 13 nitrogen and oxygen atoms in total. The van der Waals surface area contributed by atoms with Gasteiger partial charge in [0.25, 0.3) is 0 Å². The average Bonchev–Trinajstić information content (AvgIpc) is 3.33. The zero-order valence-electron chi connectivity index (χ0n) is 41.1. The van der Waals surface area contributed by atoms with Crippen LogP contribution in [0.2, 0.25) is 0 Å². The Kier molecular flexibility index (Phi) is 27.8. The molecule has 1 saturated carbocycles. The first-order valence-electron chi connectivity index (χ1n) is 23.8. The number of methoxy groups -OCH3 is 2. The molecule has 0 aromatic heterocycles. The highest BCUT2D eigenvalue weighted by Crippen LogP contribution is 2.29. The molecule has 0 atom stereocenters. The Morgan fingerprint density at radius 1 is 0.530 bits per heavy atom. The van der Waals surface area contributed by atoms with E-state index in [4.69, 9.17) is 33.2 Å². The van der Waals surface area contributed by atoms with Crippen molar-refractivity contribution in [2.24, 2.45) is 22.7 Å². The molecule has 1 amide bonds. The molecule has 66 heavy (non-hydrogen) atoms. The lowest BCUT2D eigenvalue weighted by Crippen LogP contribution is -2.33. The topological polar surface area (TPSA) is 162 Å². The van der Waals surface area contributed by atoms with Gasteiger partial charge in [-0.2, -0.15) is 0 Å². The normalized spacial score (nSPS) is 15.0. The first-order valence-corrected chi connectivity index (χ1v) is 23.8. The number of ether oxygens (including phenoxy) is 7. The van der Waals surface area contributed by atoms with Gasteiger partial charge in [0, 0.05) is 12.2 Å². The Labute approximate surface area is 394 Å². The second-order valence-corrected chi connectivity index (χ2v) is 18.0. The van der Waals surface area contributed by atoms with E-state index in [0.717, 1.165) is 86.8 Å². The third-order valence-electron chi connectivity index (χ3n) is 11.9. The number of carbonyl (C=O) groups excluding carboxylic acids is 5. The van der Waals surface area contributed by atoms with E-state index in [1.165, 1.54) is 31.4 Å². The van der Waals surface area contributed by atoms with Crippen LogP contribution in [-0.2, 0) is 42.9 Å². The number of nitrogens with one attached hydrogen (secondary N) is 1. The SMILES string of the molecule is CCC(C)(C)C(=O)OCCCCCCCCCCOC(=O)/C=C/c1ccc(OC)cc1.CCC(C)(C)C(=O)OCCNC(=O)OCC1CCC(COC(=O)/C=C/c2ccc(OC)cc2)CC1. The van der Waals surface area contributed by atoms with Crippen LogP contribution in [0.15, 0.2) is 60.7 Å². The fourth-order valence-electron chi connectivity index (χ4n) is 6.44. The van der Waals surface area contributed by atoms with Crippen LogP contribution in [0.4, 0.5) is 4.79 Å². The van der Waals surface area contributed by atoms with Crippen molar-refractivity contribution in [2.75, 3.05) is 53.8 Å². The molecule has 1 N–H and O–H groups in total. The molecule has 1 aliphatic rings. The number of esters is 4. The Balaban J connectivity index is 0.000000457. The summed E-state index contributed by atoms with van der Waals surface area (Å²) in [4.78, 5) is 59.4. The van der Waals surface area contributed by atoms with Crippen LogP contribution < -0.4 is 14.8 Å². The highest BCUT2D eigenvalue weighted by atomic mass is 16.6. The summed E-state index contributed by atoms with van der Waals surface area (Å²) >= 11 is 0. The quantitative estimate of drug-likeness (QED) is 0.0373. The molecule has 0 bridgehead atoms. The minimum absolute atomic E-state index is 0.0908. The number of amides is 1. The molecular formula is C53H79NO12. The van der Waals surface area contributed by atoms with E-state index < -0.39 is 11.5 Å². The van der Waals surface area contributed by atoms with Crippen molar-refractivity contribution in [3.63, 3.8) is 0 Å². The summed E-state index contributed by atoms with van der Waals surface area (Å²) in [6.45, 7) is 13.5. The molecule has 13 heteroatoms. The van der Waals surface area contributed by atoms with Gasteiger partial charge >= 0.3 is 30.0 Å². The van der Waals surface area contributed by atoms with E-state index in [2.05, 4.69) is 5.32 Å². The van der Waals surface area contributed by atoms with Crippen molar-refractivity contribution in [1.29, 1.82) is 0 Å². The van der Waals surface area contributed by atoms with Gasteiger partial charge in [0.2, 0.25) is 0 Å². The number of hydrogen-bond acceptors (Lipinski definition) is 12. The van der Waals surface area contributed by atoms with Crippen LogP contribution in [0, 0.1) is 22.7 Å². The Morgan fingerprint density at radius 3 is 1.33 bits per heavy atom. The van der Waals surface area contributed by atoms with Crippen molar-refractivity contribution in [3.8, 4) is 11.5 Å². The molecule has 1 aliphatic carbocycles. The van der Waals surface area contributed by atoms with Crippen molar-refractivity contribution in [1.82, 2.24) is 5.32 Å². The summed E-state index contributed by atoms with van der Waals surface area (Å²) in [6.07, 6.45) is 19.7. The molecular weight excluding hydrogens is 843 g/mol. The van der Waals surface area contributed by atoms with Crippen LogP contribution in [0.3, 0.4) is 0 Å². The lowest BCUT2D eigenvalue weighted by Gasteiger charge is -2.27. The zero-order valence-corrected chi connectivity index (χ0v) is 41.1. The maximum absolute atomic E-state index is 12.0. The van der Waals surface area contributed by atoms with E-state index in [1.807, 2.05) is 90.1 Å². The van der Waals surface area contributed by atoms with Crippen LogP contribution >= 0.6 is 0 Å². The Hall–Kier alpha value is -5.33. The summed E-state index contributed by atoms with van der Waals surface area (Å²) in [5.74, 6) is 1.15. The lowest BCUT2D eigenvalue weighted by molar-refractivity contribution is -0.154. The molecule has 2 aromatic carbocycles. The first kappa shape index (κ1) is 56.8. The Morgan fingerprint density at radius 2 is 0.909 bits per heavy atom. The number of benzene rings is 2. The smallest absolute Gasteiger partial charge is 0.407 e. The molecule has 0 spiro atoms. The van der Waals surface area contributed by atoms with Gasteiger partial charge in [-0.1, -0.05) is 76.6 Å². The zero-order chi connectivity index (χ0) is 48.6. The summed E-state index contributed by atoms with van der Waals surface area (Å²) < 4.78 is 36.7. The molecule has 368 valence electrons. The predicted octanol–water partition coefficient (Wildman–Crippen LogP) is 11.1. The number of unbranched alkanes of at least 4 members (excludes halogenated alkanes) is 7. The minimum atomic E-state index is -0.522. The van der Waals surface area contributed by atoms with Crippen molar-refractivity contribution < 1.29 is 57.1 Å². The molecule has 1 fully saturated rings. The fraction of sp³-hybridized carbons (Fsp3) is 0.604. The van der Waals surface area contributed by atoms with Gasteiger partial charge in [-0.05, 0) is 138 Å². The van der Waals surface area contributed by atoms with E-state index >= 15 is 0 Å². The summed E-state index contributed by atoms with van der Waals surface area (Å²) in [7, 11) is 3.23. The van der Waals surface area contributed by atoms with E-state index in [-0.39, 0.29) is 42.4 Å². The molecule has 0 heterocycles. The monoisotopic (exact) mass is 922 g/mol. The van der Waals surface area contributed by atoms with Crippen LogP contribution in [0.5, 0.6) is 11.5 Å². The molecule has 0 aliphatic heterocycles. The van der Waals surface area contributed by atoms with Gasteiger partial charge < -0.3 is 38.5 Å². The number of rotatable bonds is 28.